The molecule has 2 aliphatic rings. The molecule has 2 aromatic carbocycles. The molecule has 0 bridgehead atoms. The van der Waals surface area contributed by atoms with Crippen molar-refractivity contribution in [3.8, 4) is 17.1 Å². The highest BCUT2D eigenvalue weighted by atomic mass is 19.1. The topological polar surface area (TPSA) is 69.0 Å². The number of aromatic nitrogens is 3. The van der Waals surface area contributed by atoms with E-state index in [9.17, 15) is 9.18 Å². The maximum atomic E-state index is 13.4. The number of fused-ring (bicyclic) bond motifs is 1. The SMILES string of the molecule is COc1cccc(C2C3=C(CC(C)(C)CC3=O)Nc3nc(-c4ccc(F)cc4)nn32)c1. The quantitative estimate of drug-likeness (QED) is 0.665. The molecule has 31 heavy (non-hydrogen) atoms. The Balaban J connectivity index is 1.68. The van der Waals surface area contributed by atoms with Gasteiger partial charge >= 0.3 is 0 Å². The number of carbonyl (C=O) groups excluding carboxylic acids is 1. The molecule has 6 nitrogen and oxygen atoms in total. The summed E-state index contributed by atoms with van der Waals surface area (Å²) in [5.74, 6) is 1.54. The van der Waals surface area contributed by atoms with Crippen molar-refractivity contribution in [1.29, 1.82) is 0 Å². The molecule has 1 N–H and O–H groups in total. The minimum absolute atomic E-state index is 0.107. The number of methoxy groups -OCH3 is 1. The smallest absolute Gasteiger partial charge is 0.226 e. The third kappa shape index (κ3) is 3.40. The van der Waals surface area contributed by atoms with Crippen LogP contribution < -0.4 is 10.1 Å². The van der Waals surface area contributed by atoms with Crippen LogP contribution in [0.25, 0.3) is 11.4 Å². The molecule has 7 heteroatoms. The van der Waals surface area contributed by atoms with Gasteiger partial charge in [-0.1, -0.05) is 26.0 Å². The summed E-state index contributed by atoms with van der Waals surface area (Å²) in [6, 6.07) is 13.3. The third-order valence-corrected chi connectivity index (χ3v) is 5.84. The molecule has 1 aliphatic carbocycles. The van der Waals surface area contributed by atoms with Gasteiger partial charge in [-0.05, 0) is 53.8 Å². The molecule has 1 aliphatic heterocycles. The number of Topliss-reactive ketones (excluding diaryl/α,β-unsaturated/α-hetero) is 1. The molecule has 0 saturated heterocycles. The van der Waals surface area contributed by atoms with E-state index in [1.165, 1.54) is 12.1 Å². The highest BCUT2D eigenvalue weighted by molar-refractivity contribution is 6.00. The first-order chi connectivity index (χ1) is 14.8. The maximum Gasteiger partial charge on any atom is 0.226 e. The summed E-state index contributed by atoms with van der Waals surface area (Å²) in [6.45, 7) is 4.19. The lowest BCUT2D eigenvalue weighted by Crippen LogP contribution is -2.36. The second-order valence-corrected chi connectivity index (χ2v) is 8.85. The van der Waals surface area contributed by atoms with Crippen LogP contribution in [0.4, 0.5) is 10.3 Å². The average Bonchev–Trinajstić information content (AvgIpc) is 3.15. The van der Waals surface area contributed by atoms with Crippen LogP contribution in [0.3, 0.4) is 0 Å². The van der Waals surface area contributed by atoms with Crippen molar-refractivity contribution in [3.05, 3.63) is 71.2 Å². The molecule has 0 radical (unpaired) electrons. The fourth-order valence-electron chi connectivity index (χ4n) is 4.45. The predicted octanol–water partition coefficient (Wildman–Crippen LogP) is 4.75. The fourth-order valence-corrected chi connectivity index (χ4v) is 4.45. The molecule has 158 valence electrons. The van der Waals surface area contributed by atoms with Gasteiger partial charge in [0.1, 0.15) is 17.6 Å². The Labute approximate surface area is 179 Å². The number of halogens is 1. The van der Waals surface area contributed by atoms with Gasteiger partial charge in [0.2, 0.25) is 5.95 Å². The van der Waals surface area contributed by atoms with Gasteiger partial charge in [-0.2, -0.15) is 4.98 Å². The number of ether oxygens (including phenoxy) is 1. The number of ketones is 1. The van der Waals surface area contributed by atoms with Gasteiger partial charge < -0.3 is 10.1 Å². The summed E-state index contributed by atoms with van der Waals surface area (Å²) in [5.41, 5.74) is 3.08. The first-order valence-corrected chi connectivity index (χ1v) is 10.2. The monoisotopic (exact) mass is 418 g/mol. The minimum atomic E-state index is -0.411. The van der Waals surface area contributed by atoms with Gasteiger partial charge in [-0.15, -0.1) is 5.10 Å². The van der Waals surface area contributed by atoms with Crippen LogP contribution in [-0.2, 0) is 4.79 Å². The Morgan fingerprint density at radius 1 is 1.16 bits per heavy atom. The lowest BCUT2D eigenvalue weighted by molar-refractivity contribution is -0.118. The van der Waals surface area contributed by atoms with Crippen LogP contribution in [0.1, 0.15) is 38.3 Å². The van der Waals surface area contributed by atoms with Crippen molar-refractivity contribution in [2.45, 2.75) is 32.7 Å². The van der Waals surface area contributed by atoms with Gasteiger partial charge in [0.15, 0.2) is 11.6 Å². The number of hydrogen-bond donors (Lipinski definition) is 1. The Morgan fingerprint density at radius 2 is 1.94 bits per heavy atom. The summed E-state index contributed by atoms with van der Waals surface area (Å²) >= 11 is 0. The first-order valence-electron chi connectivity index (χ1n) is 10.2. The van der Waals surface area contributed by atoms with E-state index in [0.717, 1.165) is 23.3 Å². The number of anilines is 1. The van der Waals surface area contributed by atoms with E-state index < -0.39 is 6.04 Å². The predicted molar refractivity (Wildman–Crippen MR) is 115 cm³/mol. The summed E-state index contributed by atoms with van der Waals surface area (Å²) < 4.78 is 20.6. The molecule has 0 amide bonds. The second kappa shape index (κ2) is 7.04. The van der Waals surface area contributed by atoms with Crippen LogP contribution >= 0.6 is 0 Å². The first kappa shape index (κ1) is 19.5. The van der Waals surface area contributed by atoms with E-state index in [-0.39, 0.29) is 17.0 Å². The number of nitrogens with one attached hydrogen (secondary N) is 1. The van der Waals surface area contributed by atoms with Crippen molar-refractivity contribution in [2.75, 3.05) is 12.4 Å². The lowest BCUT2D eigenvalue weighted by Gasteiger charge is -2.38. The molecule has 2 heterocycles. The molecule has 5 rings (SSSR count). The zero-order chi connectivity index (χ0) is 21.8. The van der Waals surface area contributed by atoms with E-state index in [1.54, 1.807) is 23.9 Å². The molecular formula is C24H23FN4O2. The number of allylic oxidation sites excluding steroid dienone is 2. The number of benzene rings is 2. The van der Waals surface area contributed by atoms with Gasteiger partial charge in [0.05, 0.1) is 7.11 Å². The van der Waals surface area contributed by atoms with Gasteiger partial charge in [-0.25, -0.2) is 9.07 Å². The van der Waals surface area contributed by atoms with Crippen molar-refractivity contribution >= 4 is 11.7 Å². The van der Waals surface area contributed by atoms with E-state index in [1.807, 2.05) is 24.3 Å². The molecule has 3 aromatic rings. The van der Waals surface area contributed by atoms with Crippen LogP contribution in [0.15, 0.2) is 59.8 Å². The Hall–Kier alpha value is -3.48. The normalized spacial score (nSPS) is 19.5. The third-order valence-electron chi connectivity index (χ3n) is 5.84. The number of rotatable bonds is 3. The highest BCUT2D eigenvalue weighted by Crippen LogP contribution is 2.46. The summed E-state index contributed by atoms with van der Waals surface area (Å²) in [7, 11) is 1.62. The van der Waals surface area contributed by atoms with Crippen LogP contribution in [0.2, 0.25) is 0 Å². The molecule has 1 atom stereocenters. The highest BCUT2D eigenvalue weighted by Gasteiger charge is 2.42. The summed E-state index contributed by atoms with van der Waals surface area (Å²) in [4.78, 5) is 17.9. The molecule has 0 saturated carbocycles. The number of nitrogens with zero attached hydrogens (tertiary/aromatic N) is 3. The van der Waals surface area contributed by atoms with Gasteiger partial charge in [-0.3, -0.25) is 4.79 Å². The van der Waals surface area contributed by atoms with Crippen LogP contribution in [0, 0.1) is 11.2 Å². The number of carbonyl (C=O) groups is 1. The molecule has 1 aromatic heterocycles. The summed E-state index contributed by atoms with van der Waals surface area (Å²) in [5, 5.41) is 8.08. The fraction of sp³-hybridized carbons (Fsp3) is 0.292. The maximum absolute atomic E-state index is 13.4. The second-order valence-electron chi connectivity index (χ2n) is 8.85. The average molecular weight is 418 g/mol. The van der Waals surface area contributed by atoms with E-state index in [2.05, 4.69) is 24.1 Å². The van der Waals surface area contributed by atoms with E-state index in [0.29, 0.717) is 29.5 Å². The molecule has 0 fully saturated rings. The summed E-state index contributed by atoms with van der Waals surface area (Å²) in [6.07, 6.45) is 1.22. The zero-order valence-corrected chi connectivity index (χ0v) is 17.6. The Morgan fingerprint density at radius 3 is 2.68 bits per heavy atom. The van der Waals surface area contributed by atoms with Gasteiger partial charge in [0, 0.05) is 23.3 Å². The van der Waals surface area contributed by atoms with E-state index in [4.69, 9.17) is 9.84 Å². The molecule has 1 unspecified atom stereocenters. The van der Waals surface area contributed by atoms with Crippen molar-refractivity contribution in [2.24, 2.45) is 5.41 Å². The molecule has 0 spiro atoms. The van der Waals surface area contributed by atoms with E-state index >= 15 is 0 Å². The van der Waals surface area contributed by atoms with Crippen molar-refractivity contribution in [1.82, 2.24) is 14.8 Å². The van der Waals surface area contributed by atoms with Crippen LogP contribution in [0.5, 0.6) is 5.75 Å². The Bertz CT molecular complexity index is 1210. The van der Waals surface area contributed by atoms with Gasteiger partial charge in [0.25, 0.3) is 0 Å². The van der Waals surface area contributed by atoms with Crippen molar-refractivity contribution < 1.29 is 13.9 Å². The standard InChI is InChI=1S/C24H23FN4O2/c1-24(2)12-18-20(19(30)13-24)21(15-5-4-6-17(11-15)31-3)29-23(26-18)27-22(28-29)14-7-9-16(25)10-8-14/h4-11,21H,12-13H2,1-3H3,(H,26,27,28). The van der Waals surface area contributed by atoms with Crippen LogP contribution in [-0.4, -0.2) is 27.7 Å². The van der Waals surface area contributed by atoms with Crippen molar-refractivity contribution in [3.63, 3.8) is 0 Å². The minimum Gasteiger partial charge on any atom is -0.497 e. The molecular weight excluding hydrogens is 395 g/mol. The Kier molecular flexibility index (Phi) is 4.43. The lowest BCUT2D eigenvalue weighted by atomic mass is 9.73. The largest absolute Gasteiger partial charge is 0.497 e. The number of hydrogen-bond acceptors (Lipinski definition) is 5. The zero-order valence-electron chi connectivity index (χ0n) is 17.6.